The van der Waals surface area contributed by atoms with Crippen LogP contribution in [0.2, 0.25) is 0 Å². The minimum Gasteiger partial charge on any atom is -0.342 e. The first-order valence-electron chi connectivity index (χ1n) is 8.38. The zero-order valence-corrected chi connectivity index (χ0v) is 15.9. The molecule has 1 saturated heterocycles. The average molecular weight is 371 g/mol. The number of hydrogen-bond acceptors (Lipinski definition) is 5. The molecule has 7 heteroatoms. The second kappa shape index (κ2) is 8.36. The van der Waals surface area contributed by atoms with E-state index >= 15 is 0 Å². The maximum atomic E-state index is 12.6. The molecule has 1 aromatic carbocycles. The highest BCUT2D eigenvalue weighted by atomic mass is 32.2. The SMILES string of the molecule is CCCS(=O)(=O)c1ccccc1SC(C)C(=O)N1CCC(N)CC1. The molecule has 0 saturated carbocycles. The highest BCUT2D eigenvalue weighted by Gasteiger charge is 2.27. The van der Waals surface area contributed by atoms with Crippen molar-refractivity contribution >= 4 is 27.5 Å². The molecule has 1 heterocycles. The Bertz CT molecular complexity index is 668. The van der Waals surface area contributed by atoms with Crippen molar-refractivity contribution in [1.29, 1.82) is 0 Å². The van der Waals surface area contributed by atoms with Gasteiger partial charge in [0.15, 0.2) is 9.84 Å². The van der Waals surface area contributed by atoms with E-state index in [1.165, 1.54) is 11.8 Å². The van der Waals surface area contributed by atoms with Crippen molar-refractivity contribution < 1.29 is 13.2 Å². The molecule has 5 nitrogen and oxygen atoms in total. The van der Waals surface area contributed by atoms with Gasteiger partial charge in [-0.1, -0.05) is 19.1 Å². The molecule has 24 heavy (non-hydrogen) atoms. The van der Waals surface area contributed by atoms with E-state index in [1.807, 2.05) is 24.8 Å². The van der Waals surface area contributed by atoms with E-state index in [-0.39, 0.29) is 23.0 Å². The summed E-state index contributed by atoms with van der Waals surface area (Å²) in [5, 5.41) is -0.322. The van der Waals surface area contributed by atoms with Gasteiger partial charge in [-0.25, -0.2) is 8.42 Å². The highest BCUT2D eigenvalue weighted by molar-refractivity contribution is 8.01. The van der Waals surface area contributed by atoms with Crippen molar-refractivity contribution in [2.75, 3.05) is 18.8 Å². The number of carbonyl (C=O) groups excluding carboxylic acids is 1. The van der Waals surface area contributed by atoms with Gasteiger partial charge in [-0.15, -0.1) is 11.8 Å². The van der Waals surface area contributed by atoms with Gasteiger partial charge in [0.05, 0.1) is 15.9 Å². The van der Waals surface area contributed by atoms with Crippen LogP contribution in [-0.4, -0.2) is 49.4 Å². The Morgan fingerprint density at radius 2 is 1.96 bits per heavy atom. The highest BCUT2D eigenvalue weighted by Crippen LogP contribution is 2.31. The smallest absolute Gasteiger partial charge is 0.235 e. The number of sulfone groups is 1. The van der Waals surface area contributed by atoms with E-state index < -0.39 is 9.84 Å². The van der Waals surface area contributed by atoms with Crippen LogP contribution in [0.1, 0.15) is 33.1 Å². The summed E-state index contributed by atoms with van der Waals surface area (Å²) in [6.07, 6.45) is 2.22. The normalized spacial score (nSPS) is 17.7. The Morgan fingerprint density at radius 3 is 2.58 bits per heavy atom. The molecular formula is C17H26N2O3S2. The third-order valence-electron chi connectivity index (χ3n) is 4.16. The lowest BCUT2D eigenvalue weighted by Gasteiger charge is -2.32. The molecular weight excluding hydrogens is 344 g/mol. The minimum absolute atomic E-state index is 0.0505. The predicted octanol–water partition coefficient (Wildman–Crippen LogP) is 2.30. The Hall–Kier alpha value is -1.05. The van der Waals surface area contributed by atoms with Crippen LogP contribution in [0.4, 0.5) is 0 Å². The first-order valence-corrected chi connectivity index (χ1v) is 10.9. The fourth-order valence-electron chi connectivity index (χ4n) is 2.80. The summed E-state index contributed by atoms with van der Waals surface area (Å²) < 4.78 is 24.8. The standard InChI is InChI=1S/C17H26N2O3S2/c1-3-12-24(21,22)16-7-5-4-6-15(16)23-13(2)17(20)19-10-8-14(18)9-11-19/h4-7,13-14H,3,8-12,18H2,1-2H3. The van der Waals surface area contributed by atoms with Crippen LogP contribution in [0, 0.1) is 0 Å². The molecule has 0 radical (unpaired) electrons. The quantitative estimate of drug-likeness (QED) is 0.777. The summed E-state index contributed by atoms with van der Waals surface area (Å²) in [5.74, 6) is 0.172. The van der Waals surface area contributed by atoms with Crippen molar-refractivity contribution in [3.63, 3.8) is 0 Å². The fourth-order valence-corrected chi connectivity index (χ4v) is 5.72. The minimum atomic E-state index is -3.31. The average Bonchev–Trinajstić information content (AvgIpc) is 2.55. The largest absolute Gasteiger partial charge is 0.342 e. The summed E-state index contributed by atoms with van der Waals surface area (Å²) in [5.41, 5.74) is 5.88. The summed E-state index contributed by atoms with van der Waals surface area (Å²) in [7, 11) is -3.31. The summed E-state index contributed by atoms with van der Waals surface area (Å²) in [4.78, 5) is 15.4. The molecule has 0 bridgehead atoms. The zero-order valence-electron chi connectivity index (χ0n) is 14.3. The van der Waals surface area contributed by atoms with E-state index in [0.29, 0.717) is 29.3 Å². The van der Waals surface area contributed by atoms with Crippen molar-refractivity contribution in [1.82, 2.24) is 4.90 Å². The lowest BCUT2D eigenvalue weighted by atomic mass is 10.1. The first-order chi connectivity index (χ1) is 11.3. The molecule has 1 amide bonds. The lowest BCUT2D eigenvalue weighted by Crippen LogP contribution is -2.45. The lowest BCUT2D eigenvalue weighted by molar-refractivity contribution is -0.131. The number of hydrogen-bond donors (Lipinski definition) is 1. The first kappa shape index (κ1) is 19.3. The maximum Gasteiger partial charge on any atom is 0.235 e. The molecule has 1 fully saturated rings. The third-order valence-corrected chi connectivity index (χ3v) is 7.43. The van der Waals surface area contributed by atoms with Gasteiger partial charge in [0.1, 0.15) is 0 Å². The number of nitrogens with zero attached hydrogens (tertiary/aromatic N) is 1. The molecule has 1 aliphatic heterocycles. The van der Waals surface area contributed by atoms with Crippen LogP contribution in [-0.2, 0) is 14.6 Å². The second-order valence-electron chi connectivity index (χ2n) is 6.19. The van der Waals surface area contributed by atoms with Crippen molar-refractivity contribution in [2.24, 2.45) is 5.73 Å². The van der Waals surface area contributed by atoms with Crippen LogP contribution in [0.3, 0.4) is 0 Å². The number of benzene rings is 1. The number of amides is 1. The zero-order chi connectivity index (χ0) is 17.7. The van der Waals surface area contributed by atoms with Gasteiger partial charge in [-0.2, -0.15) is 0 Å². The van der Waals surface area contributed by atoms with E-state index in [1.54, 1.807) is 18.2 Å². The second-order valence-corrected chi connectivity index (χ2v) is 9.65. The summed E-state index contributed by atoms with van der Waals surface area (Å²) in [6.45, 7) is 5.05. The number of carbonyl (C=O) groups is 1. The molecule has 1 aromatic rings. The number of nitrogens with two attached hydrogens (primary N) is 1. The molecule has 1 atom stereocenters. The van der Waals surface area contributed by atoms with Crippen LogP contribution in [0.5, 0.6) is 0 Å². The van der Waals surface area contributed by atoms with Gasteiger partial charge in [0, 0.05) is 24.0 Å². The van der Waals surface area contributed by atoms with Gasteiger partial charge in [-0.3, -0.25) is 4.79 Å². The number of rotatable bonds is 6. The Kier molecular flexibility index (Phi) is 6.71. The molecule has 134 valence electrons. The van der Waals surface area contributed by atoms with Crippen molar-refractivity contribution in [2.45, 2.75) is 54.2 Å². The monoisotopic (exact) mass is 370 g/mol. The molecule has 0 aliphatic carbocycles. The van der Waals surface area contributed by atoms with Crippen LogP contribution in [0.15, 0.2) is 34.1 Å². The van der Waals surface area contributed by atoms with Crippen molar-refractivity contribution in [3.05, 3.63) is 24.3 Å². The van der Waals surface area contributed by atoms with Crippen LogP contribution in [0.25, 0.3) is 0 Å². The maximum absolute atomic E-state index is 12.6. The predicted molar refractivity (Wildman–Crippen MR) is 97.9 cm³/mol. The van der Waals surface area contributed by atoms with E-state index in [4.69, 9.17) is 5.73 Å². The molecule has 0 aromatic heterocycles. The van der Waals surface area contributed by atoms with Gasteiger partial charge in [-0.05, 0) is 38.3 Å². The summed E-state index contributed by atoms with van der Waals surface area (Å²) >= 11 is 1.32. The van der Waals surface area contributed by atoms with Gasteiger partial charge >= 0.3 is 0 Å². The van der Waals surface area contributed by atoms with E-state index in [0.717, 1.165) is 12.8 Å². The Morgan fingerprint density at radius 1 is 1.33 bits per heavy atom. The molecule has 2 rings (SSSR count). The van der Waals surface area contributed by atoms with Gasteiger partial charge < -0.3 is 10.6 Å². The molecule has 0 spiro atoms. The number of likely N-dealkylation sites (tertiary alicyclic amines) is 1. The Labute approximate surface area is 148 Å². The van der Waals surface area contributed by atoms with Crippen LogP contribution < -0.4 is 5.73 Å². The Balaban J connectivity index is 2.12. The third kappa shape index (κ3) is 4.74. The number of piperidine rings is 1. The van der Waals surface area contributed by atoms with E-state index in [2.05, 4.69) is 0 Å². The number of thioether (sulfide) groups is 1. The molecule has 2 N–H and O–H groups in total. The van der Waals surface area contributed by atoms with Crippen molar-refractivity contribution in [3.8, 4) is 0 Å². The van der Waals surface area contributed by atoms with E-state index in [9.17, 15) is 13.2 Å². The van der Waals surface area contributed by atoms with Crippen LogP contribution >= 0.6 is 11.8 Å². The summed E-state index contributed by atoms with van der Waals surface area (Å²) in [6, 6.07) is 7.13. The molecule has 1 unspecified atom stereocenters. The van der Waals surface area contributed by atoms with Gasteiger partial charge in [0.25, 0.3) is 0 Å². The molecule has 1 aliphatic rings. The fraction of sp³-hybridized carbons (Fsp3) is 0.588. The topological polar surface area (TPSA) is 80.5 Å². The van der Waals surface area contributed by atoms with Gasteiger partial charge in [0.2, 0.25) is 5.91 Å².